The van der Waals surface area contributed by atoms with E-state index in [0.29, 0.717) is 15.9 Å². The Labute approximate surface area is 166 Å². The smallest absolute Gasteiger partial charge is 0.336 e. The van der Waals surface area contributed by atoms with Crippen molar-refractivity contribution in [2.24, 2.45) is 0 Å². The summed E-state index contributed by atoms with van der Waals surface area (Å²) >= 11 is 1.29. The fourth-order valence-corrected chi connectivity index (χ4v) is 4.86. The Morgan fingerprint density at radius 1 is 1.14 bits per heavy atom. The monoisotopic (exact) mass is 397 g/mol. The predicted octanol–water partition coefficient (Wildman–Crippen LogP) is 2.89. The van der Waals surface area contributed by atoms with E-state index in [1.54, 1.807) is 11.4 Å². The third-order valence-electron chi connectivity index (χ3n) is 5.24. The zero-order valence-corrected chi connectivity index (χ0v) is 16.8. The maximum Gasteiger partial charge on any atom is 0.336 e. The van der Waals surface area contributed by atoms with Crippen LogP contribution in [0.4, 0.5) is 0 Å². The van der Waals surface area contributed by atoms with E-state index >= 15 is 0 Å². The van der Waals surface area contributed by atoms with Gasteiger partial charge in [-0.15, -0.1) is 11.3 Å². The molecular weight excluding hydrogens is 374 g/mol. The maximum absolute atomic E-state index is 13.2. The second-order valence-electron chi connectivity index (χ2n) is 7.54. The summed E-state index contributed by atoms with van der Waals surface area (Å²) in [4.78, 5) is 38.8. The lowest BCUT2D eigenvalue weighted by Gasteiger charge is -2.15. The number of hydrogen-bond acceptors (Lipinski definition) is 4. The third-order valence-corrected chi connectivity index (χ3v) is 6.13. The van der Waals surface area contributed by atoms with E-state index in [4.69, 9.17) is 0 Å². The van der Waals surface area contributed by atoms with Gasteiger partial charge in [0.15, 0.2) is 0 Å². The molecule has 0 radical (unpaired) electrons. The Morgan fingerprint density at radius 2 is 1.82 bits per heavy atom. The number of nitrogens with one attached hydrogen (secondary N) is 1. The Balaban J connectivity index is 1.82. The largest absolute Gasteiger partial charge is 0.352 e. The van der Waals surface area contributed by atoms with Gasteiger partial charge in [0.2, 0.25) is 5.91 Å². The van der Waals surface area contributed by atoms with Gasteiger partial charge in [0.1, 0.15) is 11.2 Å². The van der Waals surface area contributed by atoms with Crippen LogP contribution < -0.4 is 16.6 Å². The molecule has 0 atom stereocenters. The second-order valence-corrected chi connectivity index (χ2v) is 8.46. The van der Waals surface area contributed by atoms with Crippen LogP contribution in [0.25, 0.3) is 15.9 Å². The Kier molecular flexibility index (Phi) is 4.93. The molecule has 0 saturated heterocycles. The molecule has 6 nitrogen and oxygen atoms in total. The van der Waals surface area contributed by atoms with Crippen molar-refractivity contribution in [3.63, 3.8) is 0 Å². The van der Waals surface area contributed by atoms with Crippen LogP contribution in [0.5, 0.6) is 0 Å². The summed E-state index contributed by atoms with van der Waals surface area (Å²) in [7, 11) is 0. The molecule has 2 heterocycles. The highest BCUT2D eigenvalue weighted by Crippen LogP contribution is 2.19. The molecule has 28 heavy (non-hydrogen) atoms. The zero-order valence-electron chi connectivity index (χ0n) is 16.0. The second kappa shape index (κ2) is 7.39. The standard InChI is InChI=1S/C21H23N3O3S/c1-13-9-14(2)11-16(10-13)24-20(26)19-17(7-8-28-19)23(21(24)27)12-18(25)22-15-5-3-4-6-15/h7-11,15H,3-6,12H2,1-2H3,(H,22,25). The summed E-state index contributed by atoms with van der Waals surface area (Å²) in [6, 6.07) is 7.55. The molecule has 0 spiro atoms. The first-order valence-electron chi connectivity index (χ1n) is 9.55. The van der Waals surface area contributed by atoms with Crippen molar-refractivity contribution in [1.29, 1.82) is 0 Å². The van der Waals surface area contributed by atoms with Crippen molar-refractivity contribution in [3.05, 3.63) is 61.6 Å². The van der Waals surface area contributed by atoms with Gasteiger partial charge in [0.05, 0.1) is 11.2 Å². The Hall–Kier alpha value is -2.67. The fraction of sp³-hybridized carbons (Fsp3) is 0.381. The number of fused-ring (bicyclic) bond motifs is 1. The van der Waals surface area contributed by atoms with E-state index in [-0.39, 0.29) is 24.1 Å². The van der Waals surface area contributed by atoms with E-state index in [0.717, 1.165) is 36.8 Å². The van der Waals surface area contributed by atoms with Gasteiger partial charge >= 0.3 is 5.69 Å². The van der Waals surface area contributed by atoms with Gasteiger partial charge in [0.25, 0.3) is 5.56 Å². The normalized spacial score (nSPS) is 14.6. The molecule has 0 unspecified atom stereocenters. The number of aryl methyl sites for hydroxylation is 2. The lowest BCUT2D eigenvalue weighted by atomic mass is 10.1. The van der Waals surface area contributed by atoms with Crippen LogP contribution in [0, 0.1) is 13.8 Å². The highest BCUT2D eigenvalue weighted by Gasteiger charge is 2.20. The van der Waals surface area contributed by atoms with Gasteiger partial charge in [-0.1, -0.05) is 18.9 Å². The van der Waals surface area contributed by atoms with Crippen LogP contribution in [0.1, 0.15) is 36.8 Å². The molecule has 1 saturated carbocycles. The minimum absolute atomic E-state index is 0.0896. The van der Waals surface area contributed by atoms with Crippen molar-refractivity contribution in [2.75, 3.05) is 0 Å². The van der Waals surface area contributed by atoms with E-state index in [2.05, 4.69) is 5.32 Å². The number of rotatable bonds is 4. The number of aromatic nitrogens is 2. The molecular formula is C21H23N3O3S. The summed E-state index contributed by atoms with van der Waals surface area (Å²) in [6.07, 6.45) is 4.21. The van der Waals surface area contributed by atoms with Gasteiger partial charge in [-0.05, 0) is 61.4 Å². The van der Waals surface area contributed by atoms with Crippen molar-refractivity contribution in [1.82, 2.24) is 14.5 Å². The van der Waals surface area contributed by atoms with Crippen molar-refractivity contribution < 1.29 is 4.79 Å². The van der Waals surface area contributed by atoms with Gasteiger partial charge in [0, 0.05) is 6.04 Å². The van der Waals surface area contributed by atoms with Gasteiger partial charge in [-0.25, -0.2) is 9.36 Å². The van der Waals surface area contributed by atoms with Crippen molar-refractivity contribution in [3.8, 4) is 5.69 Å². The van der Waals surface area contributed by atoms with Crippen molar-refractivity contribution in [2.45, 2.75) is 52.1 Å². The number of hydrogen-bond donors (Lipinski definition) is 1. The average Bonchev–Trinajstić information content (AvgIpc) is 3.29. The minimum atomic E-state index is -0.484. The number of carbonyl (C=O) groups excluding carboxylic acids is 1. The molecule has 0 aliphatic heterocycles. The highest BCUT2D eigenvalue weighted by atomic mass is 32.1. The van der Waals surface area contributed by atoms with Crippen molar-refractivity contribution >= 4 is 27.5 Å². The van der Waals surface area contributed by atoms with Crippen LogP contribution in [-0.4, -0.2) is 21.1 Å². The van der Waals surface area contributed by atoms with E-state index in [9.17, 15) is 14.4 Å². The zero-order chi connectivity index (χ0) is 19.8. The molecule has 1 aliphatic rings. The Morgan fingerprint density at radius 3 is 2.50 bits per heavy atom. The molecule has 1 N–H and O–H groups in total. The molecule has 1 aromatic carbocycles. The molecule has 146 valence electrons. The Bertz CT molecular complexity index is 1150. The van der Waals surface area contributed by atoms with Gasteiger partial charge < -0.3 is 5.32 Å². The molecule has 2 aromatic heterocycles. The molecule has 7 heteroatoms. The minimum Gasteiger partial charge on any atom is -0.352 e. The molecule has 1 aliphatic carbocycles. The molecule has 0 bridgehead atoms. The van der Waals surface area contributed by atoms with Crippen LogP contribution in [0.2, 0.25) is 0 Å². The van der Waals surface area contributed by atoms with Gasteiger partial charge in [-0.2, -0.15) is 0 Å². The average molecular weight is 398 g/mol. The molecule has 3 aromatic rings. The number of nitrogens with zero attached hydrogens (tertiary/aromatic N) is 2. The summed E-state index contributed by atoms with van der Waals surface area (Å²) < 4.78 is 3.07. The number of carbonyl (C=O) groups is 1. The van der Waals surface area contributed by atoms with Crippen LogP contribution in [0.15, 0.2) is 39.2 Å². The molecule has 1 amide bonds. The van der Waals surface area contributed by atoms with E-state index < -0.39 is 5.69 Å². The number of amides is 1. The predicted molar refractivity (Wildman–Crippen MR) is 112 cm³/mol. The first kappa shape index (κ1) is 18.7. The quantitative estimate of drug-likeness (QED) is 0.736. The lowest BCUT2D eigenvalue weighted by Crippen LogP contribution is -2.43. The summed E-state index contributed by atoms with van der Waals surface area (Å²) in [5.41, 5.74) is 2.17. The summed E-state index contributed by atoms with van der Waals surface area (Å²) in [5.74, 6) is -0.188. The first-order valence-corrected chi connectivity index (χ1v) is 10.4. The van der Waals surface area contributed by atoms with Crippen LogP contribution in [0.3, 0.4) is 0 Å². The van der Waals surface area contributed by atoms with Crippen LogP contribution in [-0.2, 0) is 11.3 Å². The topological polar surface area (TPSA) is 73.1 Å². The summed E-state index contributed by atoms with van der Waals surface area (Å²) in [5, 5.41) is 4.80. The third kappa shape index (κ3) is 3.42. The SMILES string of the molecule is Cc1cc(C)cc(-n2c(=O)c3sccc3n(CC(=O)NC3CCCC3)c2=O)c1. The number of benzene rings is 1. The number of thiophene rings is 1. The molecule has 4 rings (SSSR count). The summed E-state index contributed by atoms with van der Waals surface area (Å²) in [6.45, 7) is 3.77. The molecule has 1 fully saturated rings. The van der Waals surface area contributed by atoms with E-state index in [1.807, 2.05) is 32.0 Å². The first-order chi connectivity index (χ1) is 13.4. The van der Waals surface area contributed by atoms with Gasteiger partial charge in [-0.3, -0.25) is 14.2 Å². The fourth-order valence-electron chi connectivity index (χ4n) is 4.03. The lowest BCUT2D eigenvalue weighted by molar-refractivity contribution is -0.122. The maximum atomic E-state index is 13.2. The van der Waals surface area contributed by atoms with Crippen LogP contribution >= 0.6 is 11.3 Å². The van der Waals surface area contributed by atoms with E-state index in [1.165, 1.54) is 20.5 Å². The highest BCUT2D eigenvalue weighted by molar-refractivity contribution is 7.17.